The minimum Gasteiger partial charge on any atom is -0.394 e. The molecule has 0 aromatic heterocycles. The third-order valence-corrected chi connectivity index (χ3v) is 7.98. The molecule has 35 heavy (non-hydrogen) atoms. The first kappa shape index (κ1) is 32.6. The summed E-state index contributed by atoms with van der Waals surface area (Å²) in [4.78, 5) is 39.3. The minimum atomic E-state index is -1.49. The maximum Gasteiger partial charge on any atom is 0.253 e. The van der Waals surface area contributed by atoms with E-state index in [-0.39, 0.29) is 27.5 Å². The van der Waals surface area contributed by atoms with Crippen LogP contribution < -0.4 is 15.5 Å². The third kappa shape index (κ3) is 8.26. The highest BCUT2D eigenvalue weighted by Crippen LogP contribution is 2.37. The monoisotopic (exact) mass is 837 g/mol. The van der Waals surface area contributed by atoms with E-state index in [2.05, 4.69) is 10.6 Å². The standard InChI is InChI=1S/C19H26I3N3O10/c1-25(11(33)6-28)17-15(21)12(18(34)23-2-7(29)9(31)4-26)14(20)13(16(17)22)19(35)24-3-8(30)10(32)5-27/h7-10,26-32H,2-6H2,1H3,(H,23,34)(H,24,35). The van der Waals surface area contributed by atoms with Crippen LogP contribution in [-0.4, -0.2) is 118 Å². The molecule has 3 amide bonds. The van der Waals surface area contributed by atoms with E-state index in [0.29, 0.717) is 0 Å². The average molecular weight is 837 g/mol. The van der Waals surface area contributed by atoms with Crippen LogP contribution in [0.4, 0.5) is 5.69 Å². The highest BCUT2D eigenvalue weighted by atomic mass is 127. The first-order chi connectivity index (χ1) is 16.3. The SMILES string of the molecule is CN(C(=O)CO)c1c(I)c(C(=O)NCC(O)C(O)CO)c(I)c(C(=O)NCC(O)C(O)CO)c1I. The molecule has 0 aliphatic carbocycles. The molecule has 4 atom stereocenters. The maximum absolute atomic E-state index is 13.0. The number of likely N-dealkylation sites (N-methyl/N-ethyl adjacent to an activating group) is 1. The van der Waals surface area contributed by atoms with Crippen LogP contribution >= 0.6 is 67.8 Å². The lowest BCUT2D eigenvalue weighted by molar-refractivity contribution is -0.121. The van der Waals surface area contributed by atoms with E-state index in [9.17, 15) is 39.9 Å². The van der Waals surface area contributed by atoms with Crippen LogP contribution in [0.3, 0.4) is 0 Å². The summed E-state index contributed by atoms with van der Waals surface area (Å²) in [5, 5.41) is 70.7. The summed E-state index contributed by atoms with van der Waals surface area (Å²) >= 11 is 5.37. The van der Waals surface area contributed by atoms with Gasteiger partial charge in [0.2, 0.25) is 0 Å². The molecule has 1 aromatic carbocycles. The molecule has 1 rings (SSSR count). The maximum atomic E-state index is 13.0. The number of rotatable bonds is 12. The first-order valence-corrected chi connectivity index (χ1v) is 13.2. The number of aliphatic hydroxyl groups excluding tert-OH is 7. The first-order valence-electron chi connectivity index (χ1n) is 9.92. The van der Waals surface area contributed by atoms with Crippen LogP contribution in [0.1, 0.15) is 20.7 Å². The largest absolute Gasteiger partial charge is 0.394 e. The van der Waals surface area contributed by atoms with Crippen LogP contribution in [0.5, 0.6) is 0 Å². The van der Waals surface area contributed by atoms with Crippen molar-refractivity contribution in [1.82, 2.24) is 10.6 Å². The fourth-order valence-electron chi connectivity index (χ4n) is 2.66. The summed E-state index contributed by atoms with van der Waals surface area (Å²) < 4.78 is 0.666. The zero-order chi connectivity index (χ0) is 27.0. The predicted octanol–water partition coefficient (Wildman–Crippen LogP) is -2.66. The molecule has 0 radical (unpaired) electrons. The van der Waals surface area contributed by atoms with Crippen LogP contribution in [0.15, 0.2) is 0 Å². The Balaban J connectivity index is 3.53. The molecule has 0 bridgehead atoms. The molecule has 0 saturated carbocycles. The highest BCUT2D eigenvalue weighted by molar-refractivity contribution is 14.1. The van der Waals surface area contributed by atoms with E-state index < -0.39 is 75.0 Å². The summed E-state index contributed by atoms with van der Waals surface area (Å²) in [6, 6.07) is 0. The number of amides is 3. The molecule has 16 heteroatoms. The molecular formula is C19H26I3N3O10. The van der Waals surface area contributed by atoms with E-state index in [1.807, 2.05) is 0 Å². The fourth-order valence-corrected chi connectivity index (χ4v) is 7.53. The summed E-state index contributed by atoms with van der Waals surface area (Å²) in [6.07, 6.45) is -5.92. The second-order valence-corrected chi connectivity index (χ2v) is 10.4. The Kier molecular flexibility index (Phi) is 14.0. The number of aliphatic hydroxyl groups is 7. The van der Waals surface area contributed by atoms with Crippen molar-refractivity contribution in [1.29, 1.82) is 0 Å². The van der Waals surface area contributed by atoms with Gasteiger partial charge < -0.3 is 51.3 Å². The lowest BCUT2D eigenvalue weighted by atomic mass is 10.1. The molecule has 0 heterocycles. The van der Waals surface area contributed by atoms with Gasteiger partial charge in [-0.25, -0.2) is 0 Å². The summed E-state index contributed by atoms with van der Waals surface area (Å²) in [7, 11) is 1.34. The van der Waals surface area contributed by atoms with Crippen molar-refractivity contribution >= 4 is 91.2 Å². The lowest BCUT2D eigenvalue weighted by Crippen LogP contribution is -2.42. The average Bonchev–Trinajstić information content (AvgIpc) is 2.83. The van der Waals surface area contributed by atoms with Crippen molar-refractivity contribution in [3.63, 3.8) is 0 Å². The van der Waals surface area contributed by atoms with Crippen molar-refractivity contribution in [3.8, 4) is 0 Å². The van der Waals surface area contributed by atoms with Crippen LogP contribution in [0.25, 0.3) is 0 Å². The molecule has 9 N–H and O–H groups in total. The van der Waals surface area contributed by atoms with Gasteiger partial charge in [0.25, 0.3) is 17.7 Å². The quantitative estimate of drug-likeness (QED) is 0.0997. The highest BCUT2D eigenvalue weighted by Gasteiger charge is 2.31. The van der Waals surface area contributed by atoms with Gasteiger partial charge >= 0.3 is 0 Å². The smallest absolute Gasteiger partial charge is 0.253 e. The molecule has 4 unspecified atom stereocenters. The van der Waals surface area contributed by atoms with Gasteiger partial charge in [-0.05, 0) is 67.8 Å². The van der Waals surface area contributed by atoms with Crippen LogP contribution in [-0.2, 0) is 4.79 Å². The van der Waals surface area contributed by atoms with Crippen LogP contribution in [0.2, 0.25) is 0 Å². The van der Waals surface area contributed by atoms with Gasteiger partial charge in [0.05, 0.1) is 49.4 Å². The van der Waals surface area contributed by atoms with E-state index in [1.54, 1.807) is 67.8 Å². The van der Waals surface area contributed by atoms with Gasteiger partial charge in [0.15, 0.2) is 0 Å². The molecule has 1 aromatic rings. The van der Waals surface area contributed by atoms with Gasteiger partial charge in [0.1, 0.15) is 18.8 Å². The molecule has 13 nitrogen and oxygen atoms in total. The Hall–Kier alpha value is -0.460. The number of carbonyl (C=O) groups excluding carboxylic acids is 3. The van der Waals surface area contributed by atoms with Crippen molar-refractivity contribution in [3.05, 3.63) is 21.8 Å². The molecule has 0 aliphatic rings. The van der Waals surface area contributed by atoms with Gasteiger partial charge in [-0.1, -0.05) is 0 Å². The number of carbonyl (C=O) groups is 3. The normalized spacial score (nSPS) is 14.6. The summed E-state index contributed by atoms with van der Waals surface area (Å²) in [6.45, 7) is -3.14. The van der Waals surface area contributed by atoms with Crippen LogP contribution in [0, 0.1) is 10.7 Å². The topological polar surface area (TPSA) is 220 Å². The number of nitrogens with one attached hydrogen (secondary N) is 2. The Morgan fingerprint density at radius 1 is 0.743 bits per heavy atom. The van der Waals surface area contributed by atoms with Gasteiger partial charge in [-0.2, -0.15) is 0 Å². The number of halogens is 3. The van der Waals surface area contributed by atoms with Crippen molar-refractivity contribution in [2.75, 3.05) is 44.9 Å². The van der Waals surface area contributed by atoms with Gasteiger partial charge in [0, 0.05) is 23.7 Å². The van der Waals surface area contributed by atoms with Gasteiger partial charge in [-0.3, -0.25) is 14.4 Å². The number of hydrogen-bond acceptors (Lipinski definition) is 10. The van der Waals surface area contributed by atoms with E-state index in [0.717, 1.165) is 4.90 Å². The molecule has 0 aliphatic heterocycles. The van der Waals surface area contributed by atoms with Crippen molar-refractivity contribution in [2.45, 2.75) is 24.4 Å². The number of anilines is 1. The Bertz CT molecular complexity index is 877. The lowest BCUT2D eigenvalue weighted by Gasteiger charge is -2.25. The van der Waals surface area contributed by atoms with Gasteiger partial charge in [-0.15, -0.1) is 0 Å². The van der Waals surface area contributed by atoms with Crippen molar-refractivity contribution < 1.29 is 50.1 Å². The Morgan fingerprint density at radius 2 is 1.11 bits per heavy atom. The number of benzene rings is 1. The Morgan fingerprint density at radius 3 is 1.43 bits per heavy atom. The zero-order valence-electron chi connectivity index (χ0n) is 18.3. The molecule has 0 fully saturated rings. The molecule has 198 valence electrons. The summed E-state index contributed by atoms with van der Waals surface area (Å²) in [5.74, 6) is -2.23. The van der Waals surface area contributed by atoms with E-state index in [1.165, 1.54) is 7.05 Å². The van der Waals surface area contributed by atoms with E-state index in [4.69, 9.17) is 10.2 Å². The number of nitrogens with zero attached hydrogens (tertiary/aromatic N) is 1. The molecule has 0 saturated heterocycles. The van der Waals surface area contributed by atoms with E-state index >= 15 is 0 Å². The number of hydrogen-bond donors (Lipinski definition) is 9. The summed E-state index contributed by atoms with van der Waals surface area (Å²) in [5.41, 5.74) is 0.0739. The zero-order valence-corrected chi connectivity index (χ0v) is 24.8. The fraction of sp³-hybridized carbons (Fsp3) is 0.526. The second-order valence-electron chi connectivity index (χ2n) is 7.21. The third-order valence-electron chi connectivity index (χ3n) is 4.80. The second kappa shape index (κ2) is 15.1. The minimum absolute atomic E-state index is 0.0361. The molecular weight excluding hydrogens is 811 g/mol. The Labute approximate surface area is 241 Å². The molecule has 0 spiro atoms. The predicted molar refractivity (Wildman–Crippen MR) is 148 cm³/mol. The van der Waals surface area contributed by atoms with Crippen molar-refractivity contribution in [2.24, 2.45) is 0 Å².